The van der Waals surface area contributed by atoms with E-state index in [1.165, 1.54) is 0 Å². The number of nitrogens with zero attached hydrogens (tertiary/aromatic N) is 2. The minimum Gasteiger partial charge on any atom is -0.497 e. The summed E-state index contributed by atoms with van der Waals surface area (Å²) in [6.07, 6.45) is 0. The molecule has 1 aromatic heterocycles. The first kappa shape index (κ1) is 17.9. The molecule has 2 N–H and O–H groups in total. The summed E-state index contributed by atoms with van der Waals surface area (Å²) in [6.45, 7) is 0. The van der Waals surface area contributed by atoms with Gasteiger partial charge >= 0.3 is 0 Å². The van der Waals surface area contributed by atoms with Crippen molar-refractivity contribution in [3.63, 3.8) is 0 Å². The number of anilines is 1. The Morgan fingerprint density at radius 2 is 1.60 bits per heavy atom. The highest BCUT2D eigenvalue weighted by molar-refractivity contribution is 5.98. The second kappa shape index (κ2) is 7.36. The molecule has 0 spiro atoms. The van der Waals surface area contributed by atoms with E-state index < -0.39 is 5.92 Å². The summed E-state index contributed by atoms with van der Waals surface area (Å²) >= 11 is 0. The normalized spacial score (nSPS) is 12.4. The average molecular weight is 398 g/mol. The molecule has 0 fully saturated rings. The van der Waals surface area contributed by atoms with E-state index in [1.54, 1.807) is 7.11 Å². The van der Waals surface area contributed by atoms with E-state index in [0.717, 1.165) is 22.4 Å². The van der Waals surface area contributed by atoms with E-state index in [4.69, 9.17) is 9.47 Å². The number of carbonyl (C=O) groups excluding carboxylic acids is 1. The van der Waals surface area contributed by atoms with Crippen LogP contribution in [0.3, 0.4) is 0 Å². The van der Waals surface area contributed by atoms with Crippen LogP contribution in [0.15, 0.2) is 72.8 Å². The van der Waals surface area contributed by atoms with Crippen LogP contribution in [0.1, 0.15) is 17.0 Å². The summed E-state index contributed by atoms with van der Waals surface area (Å²) in [4.78, 5) is 17.7. The number of nitrogens with one attached hydrogen (secondary N) is 2. The molecule has 7 nitrogen and oxygen atoms in total. The number of hydrogen-bond donors (Lipinski definition) is 2. The molecule has 1 aliphatic heterocycles. The number of methoxy groups -OCH3 is 1. The van der Waals surface area contributed by atoms with Crippen LogP contribution in [0.25, 0.3) is 11.4 Å². The number of hydrogen-bond acceptors (Lipinski definition) is 5. The van der Waals surface area contributed by atoms with Crippen LogP contribution >= 0.6 is 0 Å². The van der Waals surface area contributed by atoms with Gasteiger partial charge in [-0.2, -0.15) is 4.98 Å². The quantitative estimate of drug-likeness (QED) is 0.533. The third kappa shape index (κ3) is 3.16. The Bertz CT molecular complexity index is 1170. The number of benzene rings is 3. The second-order valence-electron chi connectivity index (χ2n) is 6.84. The first-order valence-corrected chi connectivity index (χ1v) is 9.46. The van der Waals surface area contributed by atoms with E-state index in [9.17, 15) is 4.79 Å². The van der Waals surface area contributed by atoms with Crippen molar-refractivity contribution in [3.05, 3.63) is 83.9 Å². The average Bonchev–Trinajstić information content (AvgIpc) is 3.25. The van der Waals surface area contributed by atoms with Gasteiger partial charge in [0, 0.05) is 16.7 Å². The van der Waals surface area contributed by atoms with Crippen molar-refractivity contribution in [2.45, 2.75) is 5.92 Å². The van der Waals surface area contributed by atoms with Gasteiger partial charge < -0.3 is 9.47 Å². The number of para-hydroxylation sites is 2. The van der Waals surface area contributed by atoms with Gasteiger partial charge in [0.05, 0.1) is 13.0 Å². The molecule has 30 heavy (non-hydrogen) atoms. The summed E-state index contributed by atoms with van der Waals surface area (Å²) in [5.41, 5.74) is 2.45. The maximum absolute atomic E-state index is 13.2. The largest absolute Gasteiger partial charge is 0.497 e. The van der Waals surface area contributed by atoms with Gasteiger partial charge in [-0.1, -0.05) is 36.4 Å². The van der Waals surface area contributed by atoms with Crippen molar-refractivity contribution in [3.8, 4) is 28.6 Å². The van der Waals surface area contributed by atoms with Crippen molar-refractivity contribution in [1.82, 2.24) is 15.2 Å². The van der Waals surface area contributed by atoms with Crippen LogP contribution < -0.4 is 14.8 Å². The molecule has 0 saturated carbocycles. The first-order valence-electron chi connectivity index (χ1n) is 9.46. The molecular formula is C23H18N4O3. The Labute approximate surface area is 172 Å². The number of rotatable bonds is 4. The monoisotopic (exact) mass is 398 g/mol. The van der Waals surface area contributed by atoms with Gasteiger partial charge in [0.25, 0.3) is 0 Å². The molecule has 0 saturated heterocycles. The van der Waals surface area contributed by atoms with Gasteiger partial charge in [0.15, 0.2) is 5.82 Å². The highest BCUT2D eigenvalue weighted by atomic mass is 16.5. The third-order valence-corrected chi connectivity index (χ3v) is 5.03. The lowest BCUT2D eigenvalue weighted by molar-refractivity contribution is -0.116. The number of H-pyrrole nitrogens is 1. The minimum atomic E-state index is -0.519. The molecule has 4 aromatic rings. The zero-order chi connectivity index (χ0) is 20.5. The van der Waals surface area contributed by atoms with Crippen molar-refractivity contribution >= 4 is 11.9 Å². The van der Waals surface area contributed by atoms with Crippen LogP contribution in [0.5, 0.6) is 17.2 Å². The lowest BCUT2D eigenvalue weighted by Gasteiger charge is -2.26. The lowest BCUT2D eigenvalue weighted by Crippen LogP contribution is -2.25. The van der Waals surface area contributed by atoms with Crippen LogP contribution in [0.2, 0.25) is 0 Å². The van der Waals surface area contributed by atoms with Crippen molar-refractivity contribution in [2.24, 2.45) is 0 Å². The highest BCUT2D eigenvalue weighted by Gasteiger charge is 2.32. The fourth-order valence-corrected chi connectivity index (χ4v) is 3.57. The van der Waals surface area contributed by atoms with Gasteiger partial charge in [0.2, 0.25) is 11.9 Å². The Kier molecular flexibility index (Phi) is 4.40. The van der Waals surface area contributed by atoms with Crippen LogP contribution in [0, 0.1) is 0 Å². The van der Waals surface area contributed by atoms with Crippen molar-refractivity contribution in [1.29, 1.82) is 0 Å². The first-order chi connectivity index (χ1) is 14.7. The molecule has 0 unspecified atom stereocenters. The van der Waals surface area contributed by atoms with Crippen LogP contribution in [-0.2, 0) is 4.79 Å². The highest BCUT2D eigenvalue weighted by Crippen LogP contribution is 2.44. The molecule has 2 heterocycles. The topological polar surface area (TPSA) is 89.1 Å². The van der Waals surface area contributed by atoms with Gasteiger partial charge in [-0.05, 0) is 36.4 Å². The fraction of sp³-hybridized carbons (Fsp3) is 0.0870. The smallest absolute Gasteiger partial charge is 0.249 e. The summed E-state index contributed by atoms with van der Waals surface area (Å²) in [5, 5.41) is 9.85. The van der Waals surface area contributed by atoms with E-state index in [2.05, 4.69) is 20.5 Å². The molecule has 5 rings (SSSR count). The molecule has 148 valence electrons. The van der Waals surface area contributed by atoms with Gasteiger partial charge in [-0.25, -0.2) is 0 Å². The zero-order valence-corrected chi connectivity index (χ0v) is 16.1. The minimum absolute atomic E-state index is 0.215. The maximum Gasteiger partial charge on any atom is 0.249 e. The van der Waals surface area contributed by atoms with Gasteiger partial charge in [-0.15, -0.1) is 5.10 Å². The zero-order valence-electron chi connectivity index (χ0n) is 16.1. The number of amides is 1. The number of fused-ring (bicyclic) bond motifs is 2. The summed E-state index contributed by atoms with van der Waals surface area (Å²) < 4.78 is 11.1. The van der Waals surface area contributed by atoms with Gasteiger partial charge in [-0.3, -0.25) is 15.2 Å². The van der Waals surface area contributed by atoms with Crippen molar-refractivity contribution in [2.75, 3.05) is 12.4 Å². The Balaban J connectivity index is 1.43. The molecule has 0 radical (unpaired) electrons. The Morgan fingerprint density at radius 1 is 0.967 bits per heavy atom. The predicted molar refractivity (Wildman–Crippen MR) is 112 cm³/mol. The molecule has 0 atom stereocenters. The summed E-state index contributed by atoms with van der Waals surface area (Å²) in [7, 11) is 1.61. The molecule has 0 aliphatic carbocycles. The van der Waals surface area contributed by atoms with E-state index in [0.29, 0.717) is 17.3 Å². The second-order valence-corrected chi connectivity index (χ2v) is 6.84. The maximum atomic E-state index is 13.2. The Hall–Kier alpha value is -4.13. The van der Waals surface area contributed by atoms with E-state index >= 15 is 0 Å². The van der Waals surface area contributed by atoms with Gasteiger partial charge in [0.1, 0.15) is 17.2 Å². The molecule has 1 amide bonds. The molecular weight excluding hydrogens is 380 g/mol. The van der Waals surface area contributed by atoms with E-state index in [-0.39, 0.29) is 11.9 Å². The SMILES string of the molecule is COc1ccc(-c2nc(NC(=O)C3c4ccccc4Oc4ccccc43)n[nH]2)cc1. The number of ether oxygens (including phenoxy) is 2. The number of aromatic amines is 1. The van der Waals surface area contributed by atoms with Crippen LogP contribution in [0.4, 0.5) is 5.95 Å². The number of carbonyl (C=O) groups is 1. The lowest BCUT2D eigenvalue weighted by atomic mass is 9.87. The third-order valence-electron chi connectivity index (χ3n) is 5.03. The van der Waals surface area contributed by atoms with E-state index in [1.807, 2.05) is 72.8 Å². The molecule has 1 aliphatic rings. The molecule has 3 aromatic carbocycles. The molecule has 0 bridgehead atoms. The predicted octanol–water partition coefficient (Wildman–Crippen LogP) is 4.36. The molecule has 7 heteroatoms. The van der Waals surface area contributed by atoms with Crippen LogP contribution in [-0.4, -0.2) is 28.2 Å². The number of aromatic nitrogens is 3. The Morgan fingerprint density at radius 3 is 2.23 bits per heavy atom. The fourth-order valence-electron chi connectivity index (χ4n) is 3.57. The van der Waals surface area contributed by atoms with Crippen molar-refractivity contribution < 1.29 is 14.3 Å². The summed E-state index contributed by atoms with van der Waals surface area (Å²) in [5.74, 6) is 2.12. The standard InChI is InChI=1S/C23H18N4O3/c1-29-15-12-10-14(11-13-15)21-24-23(27-26-21)25-22(28)20-16-6-2-4-8-18(16)30-19-9-5-3-7-17(19)20/h2-13,20H,1H3,(H2,24,25,26,27,28). The summed E-state index contributed by atoms with van der Waals surface area (Å²) in [6, 6.07) is 22.5.